The molecule has 0 unspecified atom stereocenters. The minimum atomic E-state index is -2.17. The lowest BCUT2D eigenvalue weighted by atomic mass is 10.3. The smallest absolute Gasteiger partial charge is 0.402 e. The van der Waals surface area contributed by atoms with Crippen molar-refractivity contribution in [2.45, 2.75) is 0 Å². The summed E-state index contributed by atoms with van der Waals surface area (Å²) in [6.07, 6.45) is 1.06. The molecular weight excluding hydrogens is 242 g/mol. The number of hydrogen-bond acceptors (Lipinski definition) is 10. The summed E-state index contributed by atoms with van der Waals surface area (Å²) in [5.41, 5.74) is 4.53. The van der Waals surface area contributed by atoms with E-state index in [0.29, 0.717) is 0 Å². The van der Waals surface area contributed by atoms with Crippen LogP contribution in [0.2, 0.25) is 0 Å². The van der Waals surface area contributed by atoms with Crippen molar-refractivity contribution in [3.05, 3.63) is 12.7 Å². The van der Waals surface area contributed by atoms with Crippen LogP contribution in [0.15, 0.2) is 12.7 Å². The van der Waals surface area contributed by atoms with Crippen LogP contribution in [0.5, 0.6) is 0 Å². The van der Waals surface area contributed by atoms with Crippen LogP contribution in [0.25, 0.3) is 0 Å². The maximum atomic E-state index is 9.47. The minimum Gasteiger partial charge on any atom is -0.402 e. The predicted octanol–water partition coefficient (Wildman–Crippen LogP) is -6.50. The summed E-state index contributed by atoms with van der Waals surface area (Å²) in [7, 11) is -6.50. The third-order valence-corrected chi connectivity index (χ3v) is 0.201. The second kappa shape index (κ2) is 20.5. The summed E-state index contributed by atoms with van der Waals surface area (Å²) in [5.74, 6) is -0.481. The summed E-state index contributed by atoms with van der Waals surface area (Å²) < 4.78 is 0. The van der Waals surface area contributed by atoms with Crippen LogP contribution < -0.4 is 5.73 Å². The van der Waals surface area contributed by atoms with Gasteiger partial charge in [0.15, 0.2) is 0 Å². The van der Waals surface area contributed by atoms with Gasteiger partial charge in [-0.05, 0) is 6.08 Å². The van der Waals surface area contributed by atoms with Crippen molar-refractivity contribution >= 4 is 27.9 Å². The highest BCUT2D eigenvalue weighted by Crippen LogP contribution is 1.48. The van der Waals surface area contributed by atoms with Crippen molar-refractivity contribution in [2.75, 3.05) is 0 Å². The Morgan fingerprint density at radius 1 is 0.824 bits per heavy atom. The fourth-order valence-corrected chi connectivity index (χ4v) is 0. The van der Waals surface area contributed by atoms with Crippen molar-refractivity contribution in [1.82, 2.24) is 0 Å². The molecule has 1 amide bonds. The molecule has 0 spiro atoms. The van der Waals surface area contributed by atoms with Crippen LogP contribution in [-0.4, -0.2) is 73.1 Å². The molecule has 0 aromatic rings. The van der Waals surface area contributed by atoms with Gasteiger partial charge in [0.2, 0.25) is 5.91 Å². The SMILES string of the molecule is C=CC(N)=O.OB(O)O.OB(O)O.OB(O)O. The molecule has 0 aromatic heterocycles. The van der Waals surface area contributed by atoms with Gasteiger partial charge in [-0.15, -0.1) is 0 Å². The molecule has 0 aliphatic carbocycles. The van der Waals surface area contributed by atoms with Crippen LogP contribution in [0.3, 0.4) is 0 Å². The largest absolute Gasteiger partial charge is 0.631 e. The molecule has 0 saturated heterocycles. The average molecular weight is 257 g/mol. The number of hydrogen-bond donors (Lipinski definition) is 10. The molecule has 11 nitrogen and oxygen atoms in total. The van der Waals surface area contributed by atoms with Gasteiger partial charge in [-0.25, -0.2) is 0 Å². The summed E-state index contributed by atoms with van der Waals surface area (Å²) in [5, 5.41) is 64.5. The molecule has 17 heavy (non-hydrogen) atoms. The highest BCUT2D eigenvalue weighted by molar-refractivity contribution is 6.31. The second-order valence-electron chi connectivity index (χ2n) is 1.65. The maximum Gasteiger partial charge on any atom is 0.631 e. The number of carbonyl (C=O) groups is 1. The Balaban J connectivity index is -0.0000000667. The van der Waals surface area contributed by atoms with Crippen molar-refractivity contribution < 1.29 is 50.0 Å². The Labute approximate surface area is 97.2 Å². The summed E-state index contributed by atoms with van der Waals surface area (Å²) in [6, 6.07) is 0. The van der Waals surface area contributed by atoms with Gasteiger partial charge in [-0.1, -0.05) is 6.58 Å². The van der Waals surface area contributed by atoms with Gasteiger partial charge >= 0.3 is 22.0 Å². The summed E-state index contributed by atoms with van der Waals surface area (Å²) in [6.45, 7) is 3.09. The third kappa shape index (κ3) is 2350. The molecule has 11 N–H and O–H groups in total. The topological polar surface area (TPSA) is 225 Å². The van der Waals surface area contributed by atoms with Crippen LogP contribution in [0.1, 0.15) is 0 Å². The first-order valence-corrected chi connectivity index (χ1v) is 3.51. The Morgan fingerprint density at radius 3 is 0.882 bits per heavy atom. The molecule has 0 heterocycles. The molecule has 100 valence electrons. The molecule has 0 rings (SSSR count). The standard InChI is InChI=1S/C3H5NO.3BH3O3/c1-2-3(4)5;3*2-1(3)4/h2H,1H2,(H2,4,5);3*2-4H. The van der Waals surface area contributed by atoms with E-state index in [0.717, 1.165) is 6.08 Å². The average Bonchev–Trinajstić information content (AvgIpc) is 2.00. The molecule has 0 bridgehead atoms. The van der Waals surface area contributed by atoms with Crippen LogP contribution >= 0.6 is 0 Å². The molecule has 14 heteroatoms. The first kappa shape index (κ1) is 25.0. The highest BCUT2D eigenvalue weighted by Gasteiger charge is 1.93. The van der Waals surface area contributed by atoms with E-state index in [1.807, 2.05) is 0 Å². The number of amides is 1. The predicted molar refractivity (Wildman–Crippen MR) is 56.6 cm³/mol. The van der Waals surface area contributed by atoms with E-state index >= 15 is 0 Å². The van der Waals surface area contributed by atoms with Crippen LogP contribution in [0, 0.1) is 0 Å². The molecule has 0 saturated carbocycles. The van der Waals surface area contributed by atoms with E-state index < -0.39 is 27.9 Å². The van der Waals surface area contributed by atoms with Crippen LogP contribution in [-0.2, 0) is 4.79 Å². The highest BCUT2D eigenvalue weighted by atomic mass is 16.5. The Hall–Kier alpha value is -0.955. The van der Waals surface area contributed by atoms with Gasteiger partial charge in [0, 0.05) is 0 Å². The van der Waals surface area contributed by atoms with E-state index in [1.54, 1.807) is 0 Å². The lowest BCUT2D eigenvalue weighted by Crippen LogP contribution is -2.07. The Kier molecular flexibility index (Phi) is 30.1. The zero-order chi connectivity index (χ0) is 15.0. The zero-order valence-electron chi connectivity index (χ0n) is 8.53. The van der Waals surface area contributed by atoms with E-state index in [2.05, 4.69) is 12.3 Å². The maximum absolute atomic E-state index is 9.47. The lowest BCUT2D eigenvalue weighted by molar-refractivity contribution is -0.113. The van der Waals surface area contributed by atoms with Gasteiger partial charge in [0.25, 0.3) is 0 Å². The first-order valence-electron chi connectivity index (χ1n) is 3.51. The van der Waals surface area contributed by atoms with Gasteiger partial charge in [-0.3, -0.25) is 4.79 Å². The van der Waals surface area contributed by atoms with Gasteiger partial charge < -0.3 is 50.9 Å². The fourth-order valence-electron chi connectivity index (χ4n) is 0. The summed E-state index contributed by atoms with van der Waals surface area (Å²) >= 11 is 0. The van der Waals surface area contributed by atoms with Crippen molar-refractivity contribution in [1.29, 1.82) is 0 Å². The molecule has 0 aromatic carbocycles. The van der Waals surface area contributed by atoms with Crippen molar-refractivity contribution in [2.24, 2.45) is 5.73 Å². The lowest BCUT2D eigenvalue weighted by Gasteiger charge is -1.69. The van der Waals surface area contributed by atoms with Crippen molar-refractivity contribution in [3.63, 3.8) is 0 Å². The normalized spacial score (nSPS) is 6.65. The van der Waals surface area contributed by atoms with Gasteiger partial charge in [-0.2, -0.15) is 0 Å². The molecule has 0 aliphatic rings. The first-order chi connectivity index (χ1) is 7.47. The molecule has 0 fully saturated rings. The molecular formula is C3H14B3NO10. The van der Waals surface area contributed by atoms with Crippen LogP contribution in [0.4, 0.5) is 0 Å². The minimum absolute atomic E-state index is 0.481. The van der Waals surface area contributed by atoms with E-state index in [9.17, 15) is 4.79 Å². The molecule has 0 atom stereocenters. The fraction of sp³-hybridized carbons (Fsp3) is 0. The Morgan fingerprint density at radius 2 is 0.882 bits per heavy atom. The quantitative estimate of drug-likeness (QED) is 0.157. The number of rotatable bonds is 1. The zero-order valence-corrected chi connectivity index (χ0v) is 8.53. The van der Waals surface area contributed by atoms with E-state index in [4.69, 9.17) is 45.2 Å². The van der Waals surface area contributed by atoms with E-state index in [-0.39, 0.29) is 0 Å². The Bertz CT molecular complexity index is 142. The number of nitrogens with two attached hydrogens (primary N) is 1. The van der Waals surface area contributed by atoms with Gasteiger partial charge in [0.1, 0.15) is 0 Å². The molecule has 0 aliphatic heterocycles. The van der Waals surface area contributed by atoms with E-state index in [1.165, 1.54) is 0 Å². The van der Waals surface area contributed by atoms with Gasteiger partial charge in [0.05, 0.1) is 0 Å². The third-order valence-electron chi connectivity index (χ3n) is 0.201. The second-order valence-corrected chi connectivity index (χ2v) is 1.65. The number of primary amides is 1. The molecule has 0 radical (unpaired) electrons. The monoisotopic (exact) mass is 257 g/mol. The van der Waals surface area contributed by atoms with Crippen molar-refractivity contribution in [3.8, 4) is 0 Å². The summed E-state index contributed by atoms with van der Waals surface area (Å²) in [4.78, 5) is 9.47. The number of carbonyl (C=O) groups excluding carboxylic acids is 1.